The first-order valence-corrected chi connectivity index (χ1v) is 7.87. The Morgan fingerprint density at radius 1 is 1.15 bits per heavy atom. The number of carbonyl (C=O) groups is 2. The van der Waals surface area contributed by atoms with Crippen LogP contribution in [0.1, 0.15) is 12.6 Å². The summed E-state index contributed by atoms with van der Waals surface area (Å²) >= 11 is 0. The van der Waals surface area contributed by atoms with Crippen LogP contribution in [0.3, 0.4) is 0 Å². The third kappa shape index (κ3) is 4.15. The van der Waals surface area contributed by atoms with Crippen molar-refractivity contribution >= 4 is 22.8 Å². The average molecular weight is 357 g/mol. The van der Waals surface area contributed by atoms with Crippen molar-refractivity contribution in [2.24, 2.45) is 0 Å². The van der Waals surface area contributed by atoms with Crippen LogP contribution in [0.15, 0.2) is 53.1 Å². The Balaban J connectivity index is 1.50. The van der Waals surface area contributed by atoms with E-state index in [2.05, 4.69) is 16.0 Å². The van der Waals surface area contributed by atoms with Crippen molar-refractivity contribution in [3.63, 3.8) is 0 Å². The minimum Gasteiger partial charge on any atom is -0.481 e. The van der Waals surface area contributed by atoms with Gasteiger partial charge < -0.3 is 9.26 Å². The van der Waals surface area contributed by atoms with Crippen molar-refractivity contribution in [3.05, 3.63) is 60.0 Å². The summed E-state index contributed by atoms with van der Waals surface area (Å²) in [5, 5.41) is 4.59. The first kappa shape index (κ1) is 17.4. The monoisotopic (exact) mass is 357 g/mol. The van der Waals surface area contributed by atoms with E-state index in [0.717, 1.165) is 5.39 Å². The maximum Gasteiger partial charge on any atom is 0.279 e. The molecule has 134 valence electrons. The second-order valence-corrected chi connectivity index (χ2v) is 5.55. The lowest BCUT2D eigenvalue weighted by molar-refractivity contribution is -0.132. The zero-order valence-electron chi connectivity index (χ0n) is 13.9. The van der Waals surface area contributed by atoms with Gasteiger partial charge in [0.05, 0.1) is 6.42 Å². The Morgan fingerprint density at radius 3 is 2.65 bits per heavy atom. The van der Waals surface area contributed by atoms with Gasteiger partial charge >= 0.3 is 0 Å². The van der Waals surface area contributed by atoms with Crippen LogP contribution in [0.2, 0.25) is 0 Å². The molecule has 1 heterocycles. The van der Waals surface area contributed by atoms with Crippen molar-refractivity contribution in [1.29, 1.82) is 0 Å². The summed E-state index contributed by atoms with van der Waals surface area (Å²) < 4.78 is 23.3. The lowest BCUT2D eigenvalue weighted by atomic mass is 10.2. The van der Waals surface area contributed by atoms with Crippen LogP contribution in [0.5, 0.6) is 5.75 Å². The van der Waals surface area contributed by atoms with Gasteiger partial charge in [0.25, 0.3) is 5.91 Å². The number of para-hydroxylation sites is 1. The van der Waals surface area contributed by atoms with E-state index in [0.29, 0.717) is 17.0 Å². The molecule has 2 amide bonds. The summed E-state index contributed by atoms with van der Waals surface area (Å²) in [7, 11) is 0. The van der Waals surface area contributed by atoms with Gasteiger partial charge in [0.1, 0.15) is 17.3 Å². The van der Waals surface area contributed by atoms with E-state index in [1.807, 2.05) is 6.07 Å². The molecule has 0 saturated carbocycles. The molecular formula is C18H16FN3O4. The van der Waals surface area contributed by atoms with Gasteiger partial charge in [0.15, 0.2) is 11.7 Å². The van der Waals surface area contributed by atoms with E-state index in [-0.39, 0.29) is 6.42 Å². The molecule has 3 aromatic rings. The Bertz CT molecular complexity index is 924. The van der Waals surface area contributed by atoms with Gasteiger partial charge in [-0.05, 0) is 43.3 Å². The summed E-state index contributed by atoms with van der Waals surface area (Å²) in [6.45, 7) is 1.51. The Morgan fingerprint density at radius 2 is 1.88 bits per heavy atom. The Kier molecular flexibility index (Phi) is 5.12. The van der Waals surface area contributed by atoms with Crippen LogP contribution in [-0.4, -0.2) is 23.1 Å². The van der Waals surface area contributed by atoms with Crippen LogP contribution < -0.4 is 15.6 Å². The quantitative estimate of drug-likeness (QED) is 0.682. The predicted octanol–water partition coefficient (Wildman–Crippen LogP) is 2.12. The minimum atomic E-state index is -0.881. The van der Waals surface area contributed by atoms with Crippen LogP contribution in [0.4, 0.5) is 4.39 Å². The number of benzene rings is 2. The molecule has 3 rings (SSSR count). The molecule has 8 heteroatoms. The number of aromatic nitrogens is 1. The van der Waals surface area contributed by atoms with Crippen molar-refractivity contribution in [1.82, 2.24) is 16.0 Å². The Labute approximate surface area is 148 Å². The van der Waals surface area contributed by atoms with Crippen molar-refractivity contribution in [2.75, 3.05) is 0 Å². The first-order valence-electron chi connectivity index (χ1n) is 7.87. The van der Waals surface area contributed by atoms with E-state index in [1.54, 1.807) is 18.2 Å². The molecule has 0 aliphatic heterocycles. The molecular weight excluding hydrogens is 341 g/mol. The van der Waals surface area contributed by atoms with Gasteiger partial charge in [0.2, 0.25) is 5.91 Å². The van der Waals surface area contributed by atoms with Gasteiger partial charge in [-0.15, -0.1) is 0 Å². The van der Waals surface area contributed by atoms with Gasteiger partial charge in [-0.25, -0.2) is 4.39 Å². The van der Waals surface area contributed by atoms with Gasteiger partial charge in [-0.2, -0.15) is 0 Å². The molecule has 7 nitrogen and oxygen atoms in total. The number of nitrogens with zero attached hydrogens (tertiary/aromatic N) is 1. The second-order valence-electron chi connectivity index (χ2n) is 5.55. The molecule has 2 N–H and O–H groups in total. The highest BCUT2D eigenvalue weighted by Crippen LogP contribution is 2.18. The molecule has 2 aromatic carbocycles. The van der Waals surface area contributed by atoms with E-state index in [9.17, 15) is 14.0 Å². The summed E-state index contributed by atoms with van der Waals surface area (Å²) in [5.74, 6) is -1.06. The Hall–Kier alpha value is -3.42. The number of carbonyl (C=O) groups excluding carboxylic acids is 2. The zero-order chi connectivity index (χ0) is 18.5. The molecule has 0 aliphatic carbocycles. The number of fused-ring (bicyclic) bond motifs is 1. The van der Waals surface area contributed by atoms with Gasteiger partial charge in [0, 0.05) is 5.39 Å². The molecule has 0 bridgehead atoms. The van der Waals surface area contributed by atoms with E-state index < -0.39 is 23.7 Å². The second kappa shape index (κ2) is 7.64. The topological polar surface area (TPSA) is 93.5 Å². The molecule has 0 radical (unpaired) electrons. The van der Waals surface area contributed by atoms with Crippen LogP contribution >= 0.6 is 0 Å². The fourth-order valence-electron chi connectivity index (χ4n) is 2.27. The zero-order valence-corrected chi connectivity index (χ0v) is 13.9. The number of ether oxygens (including phenoxy) is 1. The summed E-state index contributed by atoms with van der Waals surface area (Å²) in [5.41, 5.74) is 5.64. The highest BCUT2D eigenvalue weighted by Gasteiger charge is 2.17. The van der Waals surface area contributed by atoms with Crippen LogP contribution in [-0.2, 0) is 16.0 Å². The lowest BCUT2D eigenvalue weighted by Crippen LogP contribution is -2.47. The van der Waals surface area contributed by atoms with E-state index >= 15 is 0 Å². The highest BCUT2D eigenvalue weighted by atomic mass is 19.1. The van der Waals surface area contributed by atoms with Crippen molar-refractivity contribution < 1.29 is 23.2 Å². The fraction of sp³-hybridized carbons (Fsp3) is 0.167. The molecule has 0 fully saturated rings. The average Bonchev–Trinajstić information content (AvgIpc) is 3.04. The number of hydrogen-bond donors (Lipinski definition) is 2. The highest BCUT2D eigenvalue weighted by molar-refractivity contribution is 5.88. The number of hydrogen-bond acceptors (Lipinski definition) is 5. The first-order chi connectivity index (χ1) is 12.5. The standard InChI is InChI=1S/C18H16FN3O4/c1-11(25-13-8-6-12(19)7-9-13)18(24)21-20-17(23)10-15-14-4-2-3-5-16(14)26-22-15/h2-9,11H,10H2,1H3,(H,20,23)(H,21,24)/t11-/m0/s1. The molecule has 26 heavy (non-hydrogen) atoms. The SMILES string of the molecule is C[C@H](Oc1ccc(F)cc1)C(=O)NNC(=O)Cc1noc2ccccc12. The van der Waals surface area contributed by atoms with E-state index in [1.165, 1.54) is 31.2 Å². The molecule has 0 saturated heterocycles. The van der Waals surface area contributed by atoms with Gasteiger partial charge in [-0.1, -0.05) is 17.3 Å². The summed E-state index contributed by atoms with van der Waals surface area (Å²) in [6, 6.07) is 12.4. The predicted molar refractivity (Wildman–Crippen MR) is 90.5 cm³/mol. The molecule has 1 atom stereocenters. The van der Waals surface area contributed by atoms with Gasteiger partial charge in [-0.3, -0.25) is 20.4 Å². The number of rotatable bonds is 5. The largest absolute Gasteiger partial charge is 0.481 e. The number of halogens is 1. The molecule has 0 spiro atoms. The molecule has 0 unspecified atom stereocenters. The normalized spacial score (nSPS) is 11.8. The van der Waals surface area contributed by atoms with Crippen LogP contribution in [0.25, 0.3) is 11.0 Å². The fourth-order valence-corrected chi connectivity index (χ4v) is 2.27. The van der Waals surface area contributed by atoms with Crippen molar-refractivity contribution in [2.45, 2.75) is 19.4 Å². The number of nitrogens with one attached hydrogen (secondary N) is 2. The summed E-state index contributed by atoms with van der Waals surface area (Å²) in [4.78, 5) is 24.0. The number of hydrazine groups is 1. The smallest absolute Gasteiger partial charge is 0.279 e. The summed E-state index contributed by atoms with van der Waals surface area (Å²) in [6.07, 6.45) is -0.932. The molecule has 1 aromatic heterocycles. The molecule has 0 aliphatic rings. The lowest BCUT2D eigenvalue weighted by Gasteiger charge is -2.15. The maximum absolute atomic E-state index is 12.9. The minimum absolute atomic E-state index is 0.0511. The maximum atomic E-state index is 12.9. The van der Waals surface area contributed by atoms with Crippen molar-refractivity contribution in [3.8, 4) is 5.75 Å². The van der Waals surface area contributed by atoms with E-state index in [4.69, 9.17) is 9.26 Å². The third-order valence-corrected chi connectivity index (χ3v) is 3.60. The van der Waals surface area contributed by atoms with Crippen LogP contribution in [0, 0.1) is 5.82 Å². The number of amides is 2. The third-order valence-electron chi connectivity index (χ3n) is 3.60.